The number of aryl methyl sites for hydroxylation is 1. The van der Waals surface area contributed by atoms with Gasteiger partial charge in [-0.3, -0.25) is 4.90 Å². The molecular weight excluding hydrogens is 314 g/mol. The maximum absolute atomic E-state index is 5.83. The summed E-state index contributed by atoms with van der Waals surface area (Å²) in [6.07, 6.45) is 7.87. The number of ether oxygens (including phenoxy) is 2. The fourth-order valence-electron chi connectivity index (χ4n) is 3.19. The summed E-state index contributed by atoms with van der Waals surface area (Å²) in [5.74, 6) is 5.27. The molecule has 1 aliphatic heterocycles. The maximum Gasteiger partial charge on any atom is 0.148 e. The Balaban J connectivity index is 1.73. The average molecular weight is 339 g/mol. The van der Waals surface area contributed by atoms with Crippen LogP contribution in [-0.4, -0.2) is 30.8 Å². The molecule has 0 aliphatic carbocycles. The number of hydrogen-bond donors (Lipinski definition) is 0. The van der Waals surface area contributed by atoms with E-state index in [0.29, 0.717) is 0 Å². The molecule has 3 rings (SSSR count). The van der Waals surface area contributed by atoms with Crippen LogP contribution in [0.1, 0.15) is 29.9 Å². The quantitative estimate of drug-likeness (QED) is 0.686. The van der Waals surface area contributed by atoms with E-state index in [4.69, 9.17) is 20.3 Å². The Kier molecular flexibility index (Phi) is 6.16. The van der Waals surface area contributed by atoms with Crippen LogP contribution >= 0.6 is 0 Å². The van der Waals surface area contributed by atoms with Crippen molar-refractivity contribution >= 4 is 0 Å². The number of hydrogen-bond acceptors (Lipinski definition) is 4. The van der Waals surface area contributed by atoms with E-state index < -0.39 is 0 Å². The van der Waals surface area contributed by atoms with Crippen molar-refractivity contribution in [3.8, 4) is 18.1 Å². The van der Waals surface area contributed by atoms with Crippen molar-refractivity contribution in [2.45, 2.75) is 39.0 Å². The first-order chi connectivity index (χ1) is 12.2. The summed E-state index contributed by atoms with van der Waals surface area (Å²) in [4.78, 5) is 2.35. The number of nitrogens with zero attached hydrogens (tertiary/aromatic N) is 1. The highest BCUT2D eigenvalue weighted by Crippen LogP contribution is 2.23. The number of terminal acetylenes is 1. The smallest absolute Gasteiger partial charge is 0.148 e. The van der Waals surface area contributed by atoms with Crippen molar-refractivity contribution in [1.29, 1.82) is 0 Å². The summed E-state index contributed by atoms with van der Waals surface area (Å²) in [6.45, 7) is 5.50. The molecule has 0 bridgehead atoms. The van der Waals surface area contributed by atoms with Gasteiger partial charge < -0.3 is 13.9 Å². The van der Waals surface area contributed by atoms with Crippen molar-refractivity contribution in [1.82, 2.24) is 4.90 Å². The minimum Gasteiger partial charge on any atom is -0.481 e. The van der Waals surface area contributed by atoms with Crippen LogP contribution in [0.25, 0.3) is 0 Å². The summed E-state index contributed by atoms with van der Waals surface area (Å²) in [5, 5.41) is 0. The first-order valence-corrected chi connectivity index (χ1v) is 8.78. The van der Waals surface area contributed by atoms with Crippen molar-refractivity contribution < 1.29 is 13.9 Å². The summed E-state index contributed by atoms with van der Waals surface area (Å²) in [7, 11) is 0. The summed E-state index contributed by atoms with van der Waals surface area (Å²) in [6, 6.07) is 12.1. The van der Waals surface area contributed by atoms with Crippen LogP contribution in [0.4, 0.5) is 0 Å². The summed E-state index contributed by atoms with van der Waals surface area (Å²) in [5.41, 5.74) is 1.12. The molecule has 4 heteroatoms. The largest absolute Gasteiger partial charge is 0.481 e. The van der Waals surface area contributed by atoms with E-state index in [1.54, 1.807) is 0 Å². The standard InChI is InChI=1S/C21H25NO3/c1-3-12-24-21-9-5-4-7-18(21)14-22(15-19-8-6-13-23-19)16-20-11-10-17(2)25-20/h1,4-5,7,9-11,19H,6,8,12-16H2,2H3/t19-/m0/s1. The Morgan fingerprint density at radius 2 is 2.12 bits per heavy atom. The molecular formula is C21H25NO3. The monoisotopic (exact) mass is 339 g/mol. The Morgan fingerprint density at radius 1 is 1.24 bits per heavy atom. The lowest BCUT2D eigenvalue weighted by Crippen LogP contribution is -2.31. The molecule has 2 heterocycles. The van der Waals surface area contributed by atoms with E-state index in [0.717, 1.165) is 61.9 Å². The topological polar surface area (TPSA) is 34.8 Å². The van der Waals surface area contributed by atoms with Crippen LogP contribution in [0.5, 0.6) is 5.75 Å². The molecule has 0 radical (unpaired) electrons. The highest BCUT2D eigenvalue weighted by atomic mass is 16.5. The van der Waals surface area contributed by atoms with E-state index in [2.05, 4.69) is 16.9 Å². The van der Waals surface area contributed by atoms with Gasteiger partial charge in [0.25, 0.3) is 0 Å². The number of benzene rings is 1. The molecule has 0 saturated carbocycles. The van der Waals surface area contributed by atoms with Gasteiger partial charge in [-0.1, -0.05) is 24.1 Å². The SMILES string of the molecule is C#CCOc1ccccc1CN(Cc1ccc(C)o1)C[C@@H]1CCCO1. The van der Waals surface area contributed by atoms with Gasteiger partial charge in [0.2, 0.25) is 0 Å². The van der Waals surface area contributed by atoms with Crippen molar-refractivity contribution in [2.75, 3.05) is 19.8 Å². The second kappa shape index (κ2) is 8.75. The molecule has 0 spiro atoms. The number of para-hydroxylation sites is 1. The third-order valence-corrected chi connectivity index (χ3v) is 4.34. The molecule has 1 aliphatic rings. The van der Waals surface area contributed by atoms with Gasteiger partial charge in [0, 0.05) is 25.3 Å². The van der Waals surface area contributed by atoms with Gasteiger partial charge in [-0.15, -0.1) is 6.42 Å². The van der Waals surface area contributed by atoms with Crippen LogP contribution in [0.15, 0.2) is 40.8 Å². The second-order valence-electron chi connectivity index (χ2n) is 6.42. The molecule has 25 heavy (non-hydrogen) atoms. The minimum atomic E-state index is 0.278. The highest BCUT2D eigenvalue weighted by Gasteiger charge is 2.21. The van der Waals surface area contributed by atoms with Crippen molar-refractivity contribution in [2.24, 2.45) is 0 Å². The molecule has 1 saturated heterocycles. The fourth-order valence-corrected chi connectivity index (χ4v) is 3.19. The molecule has 1 aromatic heterocycles. The van der Waals surface area contributed by atoms with E-state index in [1.165, 1.54) is 0 Å². The molecule has 0 amide bonds. The zero-order valence-electron chi connectivity index (χ0n) is 14.7. The Bertz CT molecular complexity index is 710. The molecule has 1 fully saturated rings. The Labute approximate surface area is 149 Å². The van der Waals surface area contributed by atoms with Gasteiger partial charge in [-0.05, 0) is 38.0 Å². The normalized spacial score (nSPS) is 16.9. The molecule has 1 aromatic carbocycles. The number of furan rings is 1. The molecule has 2 aromatic rings. The zero-order chi connectivity index (χ0) is 17.5. The average Bonchev–Trinajstić information content (AvgIpc) is 3.26. The lowest BCUT2D eigenvalue weighted by atomic mass is 10.1. The molecule has 132 valence electrons. The highest BCUT2D eigenvalue weighted by molar-refractivity contribution is 5.33. The predicted octanol–water partition coefficient (Wildman–Crippen LogP) is 3.78. The summed E-state index contributed by atoms with van der Waals surface area (Å²) >= 11 is 0. The lowest BCUT2D eigenvalue weighted by Gasteiger charge is -2.25. The first-order valence-electron chi connectivity index (χ1n) is 8.78. The predicted molar refractivity (Wildman–Crippen MR) is 97.3 cm³/mol. The third kappa shape index (κ3) is 5.12. The Morgan fingerprint density at radius 3 is 2.84 bits per heavy atom. The first kappa shape index (κ1) is 17.6. The molecule has 1 atom stereocenters. The Hall–Kier alpha value is -2.22. The minimum absolute atomic E-state index is 0.278. The van der Waals surface area contributed by atoms with E-state index >= 15 is 0 Å². The van der Waals surface area contributed by atoms with Crippen LogP contribution < -0.4 is 4.74 Å². The van der Waals surface area contributed by atoms with Crippen LogP contribution in [-0.2, 0) is 17.8 Å². The van der Waals surface area contributed by atoms with Crippen molar-refractivity contribution in [3.63, 3.8) is 0 Å². The lowest BCUT2D eigenvalue weighted by molar-refractivity contribution is 0.0651. The number of rotatable bonds is 8. The van der Waals surface area contributed by atoms with Crippen LogP contribution in [0.3, 0.4) is 0 Å². The molecule has 0 unspecified atom stereocenters. The maximum atomic E-state index is 5.83. The fraction of sp³-hybridized carbons (Fsp3) is 0.429. The van der Waals surface area contributed by atoms with Gasteiger partial charge in [-0.2, -0.15) is 0 Å². The van der Waals surface area contributed by atoms with Crippen LogP contribution in [0.2, 0.25) is 0 Å². The summed E-state index contributed by atoms with van der Waals surface area (Å²) < 4.78 is 17.3. The van der Waals surface area contributed by atoms with E-state index in [9.17, 15) is 0 Å². The van der Waals surface area contributed by atoms with Crippen LogP contribution in [0, 0.1) is 19.3 Å². The molecule has 0 N–H and O–H groups in total. The van der Waals surface area contributed by atoms with Crippen molar-refractivity contribution in [3.05, 3.63) is 53.5 Å². The third-order valence-electron chi connectivity index (χ3n) is 4.34. The van der Waals surface area contributed by atoms with Gasteiger partial charge in [-0.25, -0.2) is 0 Å². The molecule has 4 nitrogen and oxygen atoms in total. The van der Waals surface area contributed by atoms with E-state index in [1.807, 2.05) is 37.3 Å². The zero-order valence-corrected chi connectivity index (χ0v) is 14.7. The van der Waals surface area contributed by atoms with Gasteiger partial charge in [0.1, 0.15) is 23.9 Å². The van der Waals surface area contributed by atoms with Gasteiger partial charge in [0.05, 0.1) is 12.6 Å². The van der Waals surface area contributed by atoms with Gasteiger partial charge >= 0.3 is 0 Å². The van der Waals surface area contributed by atoms with E-state index in [-0.39, 0.29) is 12.7 Å². The van der Waals surface area contributed by atoms with Gasteiger partial charge in [0.15, 0.2) is 0 Å². The second-order valence-corrected chi connectivity index (χ2v) is 6.42.